The summed E-state index contributed by atoms with van der Waals surface area (Å²) in [6, 6.07) is 6.01. The Morgan fingerprint density at radius 3 is 2.81 bits per heavy atom. The number of aromatic nitrogens is 1. The van der Waals surface area contributed by atoms with Gasteiger partial charge in [0, 0.05) is 36.5 Å². The van der Waals surface area contributed by atoms with Gasteiger partial charge in [-0.1, -0.05) is 0 Å². The van der Waals surface area contributed by atoms with Crippen molar-refractivity contribution in [1.82, 2.24) is 4.98 Å². The van der Waals surface area contributed by atoms with E-state index in [2.05, 4.69) is 4.98 Å². The Labute approximate surface area is 150 Å². The fourth-order valence-corrected chi connectivity index (χ4v) is 3.96. The van der Waals surface area contributed by atoms with Crippen LogP contribution >= 0.6 is 11.3 Å². The van der Waals surface area contributed by atoms with Gasteiger partial charge in [0.2, 0.25) is 0 Å². The molecule has 1 atom stereocenters. The van der Waals surface area contributed by atoms with E-state index < -0.39 is 16.8 Å². The number of hydrogen-bond donors (Lipinski definition) is 0. The van der Waals surface area contributed by atoms with Gasteiger partial charge in [-0.25, -0.2) is 4.98 Å². The van der Waals surface area contributed by atoms with Gasteiger partial charge < -0.3 is 4.90 Å². The van der Waals surface area contributed by atoms with Gasteiger partial charge >= 0.3 is 6.18 Å². The predicted octanol–water partition coefficient (Wildman–Crippen LogP) is 4.33. The summed E-state index contributed by atoms with van der Waals surface area (Å²) in [6.45, 7) is 1.04. The molecule has 1 fully saturated rings. The third-order valence-corrected chi connectivity index (χ3v) is 5.24. The predicted molar refractivity (Wildman–Crippen MR) is 89.1 cm³/mol. The maximum absolute atomic E-state index is 12.8. The molecule has 0 radical (unpaired) electrons. The van der Waals surface area contributed by atoms with Gasteiger partial charge in [-0.3, -0.25) is 10.1 Å². The lowest BCUT2D eigenvalue weighted by atomic mass is 9.97. The molecule has 0 bridgehead atoms. The minimum absolute atomic E-state index is 0.173. The highest BCUT2D eigenvalue weighted by atomic mass is 32.1. The summed E-state index contributed by atoms with van der Waals surface area (Å²) in [6.07, 6.45) is -3.03. The summed E-state index contributed by atoms with van der Waals surface area (Å²) in [4.78, 5) is 15.9. The van der Waals surface area contributed by atoms with Crippen molar-refractivity contribution < 1.29 is 18.1 Å². The van der Waals surface area contributed by atoms with E-state index >= 15 is 0 Å². The quantitative estimate of drug-likeness (QED) is 0.583. The Bertz CT molecular complexity index is 875. The van der Waals surface area contributed by atoms with E-state index in [1.807, 2.05) is 11.0 Å². The molecule has 1 saturated heterocycles. The number of nitriles is 1. The Morgan fingerprint density at radius 1 is 1.42 bits per heavy atom. The molecule has 2 aromatic rings. The highest BCUT2D eigenvalue weighted by Crippen LogP contribution is 2.36. The number of piperidine rings is 1. The average molecular weight is 382 g/mol. The number of benzene rings is 1. The number of nitro groups is 1. The molecule has 0 amide bonds. The van der Waals surface area contributed by atoms with E-state index in [9.17, 15) is 28.5 Å². The van der Waals surface area contributed by atoms with Crippen LogP contribution in [0.1, 0.15) is 35.0 Å². The van der Waals surface area contributed by atoms with Crippen molar-refractivity contribution in [2.75, 3.05) is 18.0 Å². The first-order valence-electron chi connectivity index (χ1n) is 7.75. The van der Waals surface area contributed by atoms with Crippen LogP contribution in [0.2, 0.25) is 0 Å². The summed E-state index contributed by atoms with van der Waals surface area (Å²) >= 11 is 0.984. The van der Waals surface area contributed by atoms with Crippen LogP contribution in [0, 0.1) is 21.4 Å². The molecule has 1 unspecified atom stereocenters. The summed E-state index contributed by atoms with van der Waals surface area (Å²) in [5, 5.41) is 21.6. The third-order valence-electron chi connectivity index (χ3n) is 4.24. The summed E-state index contributed by atoms with van der Waals surface area (Å²) < 4.78 is 38.3. The SMILES string of the molecule is N#Cc1cc([N+](=O)[O-])ccc1N1CCCC(c2nc(C(F)(F)F)cs2)C1. The number of nitrogens with zero attached hydrogens (tertiary/aromatic N) is 4. The van der Waals surface area contributed by atoms with E-state index in [1.54, 1.807) is 0 Å². The van der Waals surface area contributed by atoms with Gasteiger partial charge in [-0.15, -0.1) is 11.3 Å². The molecule has 2 heterocycles. The first kappa shape index (κ1) is 18.1. The highest BCUT2D eigenvalue weighted by Gasteiger charge is 2.35. The maximum atomic E-state index is 12.8. The highest BCUT2D eigenvalue weighted by molar-refractivity contribution is 7.09. The molecule has 1 aromatic heterocycles. The van der Waals surface area contributed by atoms with Crippen molar-refractivity contribution >= 4 is 22.7 Å². The Balaban J connectivity index is 1.84. The molecule has 136 valence electrons. The Morgan fingerprint density at radius 2 is 2.19 bits per heavy atom. The second-order valence-electron chi connectivity index (χ2n) is 5.92. The normalized spacial score (nSPS) is 17.8. The number of halogens is 3. The summed E-state index contributed by atoms with van der Waals surface area (Å²) in [5.41, 5.74) is -0.332. The van der Waals surface area contributed by atoms with Gasteiger partial charge in [0.05, 0.1) is 21.2 Å². The zero-order valence-electron chi connectivity index (χ0n) is 13.4. The Hall–Kier alpha value is -2.67. The van der Waals surface area contributed by atoms with E-state index in [0.29, 0.717) is 30.2 Å². The molecule has 0 spiro atoms. The van der Waals surface area contributed by atoms with Crippen LogP contribution in [-0.2, 0) is 6.18 Å². The lowest BCUT2D eigenvalue weighted by Gasteiger charge is -2.34. The molecule has 10 heteroatoms. The lowest BCUT2D eigenvalue weighted by Crippen LogP contribution is -2.34. The van der Waals surface area contributed by atoms with E-state index in [0.717, 1.165) is 23.1 Å². The molecular weight excluding hydrogens is 369 g/mol. The van der Waals surface area contributed by atoms with Crippen LogP contribution in [0.5, 0.6) is 0 Å². The molecule has 1 aliphatic rings. The summed E-state index contributed by atoms with van der Waals surface area (Å²) in [7, 11) is 0. The first-order chi connectivity index (χ1) is 12.3. The minimum Gasteiger partial charge on any atom is -0.370 e. The molecule has 3 rings (SSSR count). The van der Waals surface area contributed by atoms with E-state index in [4.69, 9.17) is 0 Å². The van der Waals surface area contributed by atoms with E-state index in [1.165, 1.54) is 18.2 Å². The number of alkyl halides is 3. The van der Waals surface area contributed by atoms with Crippen molar-refractivity contribution in [1.29, 1.82) is 5.26 Å². The number of non-ortho nitro benzene ring substituents is 1. The number of rotatable bonds is 3. The topological polar surface area (TPSA) is 83.1 Å². The van der Waals surface area contributed by atoms with Crippen molar-refractivity contribution in [2.45, 2.75) is 24.9 Å². The van der Waals surface area contributed by atoms with Crippen LogP contribution < -0.4 is 4.90 Å². The molecule has 26 heavy (non-hydrogen) atoms. The molecule has 1 aromatic carbocycles. The largest absolute Gasteiger partial charge is 0.434 e. The zero-order chi connectivity index (χ0) is 18.9. The third kappa shape index (κ3) is 3.62. The van der Waals surface area contributed by atoms with Gasteiger partial charge in [0.1, 0.15) is 6.07 Å². The number of anilines is 1. The monoisotopic (exact) mass is 382 g/mol. The summed E-state index contributed by atoms with van der Waals surface area (Å²) in [5.74, 6) is -0.174. The van der Waals surface area contributed by atoms with E-state index in [-0.39, 0.29) is 17.2 Å². The van der Waals surface area contributed by atoms with Gasteiger partial charge in [0.15, 0.2) is 5.69 Å². The first-order valence-corrected chi connectivity index (χ1v) is 8.63. The van der Waals surface area contributed by atoms with Gasteiger partial charge in [-0.2, -0.15) is 18.4 Å². The number of nitro benzene ring substituents is 1. The molecule has 0 N–H and O–H groups in total. The molecule has 1 aliphatic heterocycles. The fourth-order valence-electron chi connectivity index (χ4n) is 3.01. The number of thiazole rings is 1. The number of hydrogen-bond acceptors (Lipinski definition) is 6. The lowest BCUT2D eigenvalue weighted by molar-refractivity contribution is -0.384. The molecule has 0 saturated carbocycles. The Kier molecular flexibility index (Phi) is 4.82. The van der Waals surface area contributed by atoms with Gasteiger partial charge in [0.25, 0.3) is 5.69 Å². The average Bonchev–Trinajstić information content (AvgIpc) is 3.12. The molecule has 0 aliphatic carbocycles. The zero-order valence-corrected chi connectivity index (χ0v) is 14.2. The minimum atomic E-state index is -4.46. The van der Waals surface area contributed by atoms with Crippen LogP contribution in [0.3, 0.4) is 0 Å². The van der Waals surface area contributed by atoms with Crippen LogP contribution in [0.15, 0.2) is 23.6 Å². The van der Waals surface area contributed by atoms with Crippen LogP contribution in [-0.4, -0.2) is 23.0 Å². The molecular formula is C16H13F3N4O2S. The van der Waals surface area contributed by atoms with Crippen LogP contribution in [0.4, 0.5) is 24.5 Å². The van der Waals surface area contributed by atoms with Crippen molar-refractivity contribution in [3.05, 3.63) is 50.0 Å². The van der Waals surface area contributed by atoms with Crippen molar-refractivity contribution in [3.8, 4) is 6.07 Å². The van der Waals surface area contributed by atoms with Crippen molar-refractivity contribution in [3.63, 3.8) is 0 Å². The maximum Gasteiger partial charge on any atom is 0.434 e. The fraction of sp³-hybridized carbons (Fsp3) is 0.375. The van der Waals surface area contributed by atoms with Crippen molar-refractivity contribution in [2.24, 2.45) is 0 Å². The van der Waals surface area contributed by atoms with Gasteiger partial charge in [-0.05, 0) is 18.9 Å². The van der Waals surface area contributed by atoms with Crippen LogP contribution in [0.25, 0.3) is 0 Å². The molecule has 6 nitrogen and oxygen atoms in total. The standard InChI is InChI=1S/C16H13F3N4O2S/c17-16(18,19)14-9-26-15(21-14)10-2-1-5-22(8-10)13-4-3-12(23(24)25)6-11(13)7-20/h3-4,6,9-10H,1-2,5,8H2. The smallest absolute Gasteiger partial charge is 0.370 e. The second kappa shape index (κ2) is 6.92. The second-order valence-corrected chi connectivity index (χ2v) is 6.81.